The molecular weight excluding hydrogens is 552 g/mol. The van der Waals surface area contributed by atoms with E-state index >= 15 is 0 Å². The molecule has 0 heterocycles. The summed E-state index contributed by atoms with van der Waals surface area (Å²) in [6.07, 6.45) is 30.8. The fourth-order valence-electron chi connectivity index (χ4n) is 5.85. The van der Waals surface area contributed by atoms with Crippen molar-refractivity contribution in [3.05, 3.63) is 50.1 Å². The average molecular weight is 615 g/mol. The Bertz CT molecular complexity index is 846. The molecule has 2 unspecified atom stereocenters. The van der Waals surface area contributed by atoms with E-state index < -0.39 is 23.5 Å². The molecule has 6 heteroatoms. The lowest BCUT2D eigenvalue weighted by atomic mass is 9.73. The first-order valence-corrected chi connectivity index (χ1v) is 17.6. The molecule has 0 saturated heterocycles. The highest BCUT2D eigenvalue weighted by molar-refractivity contribution is 5.80. The zero-order valence-corrected chi connectivity index (χ0v) is 27.7. The van der Waals surface area contributed by atoms with Crippen LogP contribution in [0.15, 0.2) is 50.1 Å². The van der Waals surface area contributed by atoms with Crippen molar-refractivity contribution in [2.24, 2.45) is 5.41 Å². The second-order valence-electron chi connectivity index (χ2n) is 12.4. The SMILES string of the molecule is C=CCCCCCCCC(=O)OOC(=O)C1(CCCCCCC=C)C/C=C\CCCCC1OC(=O)CCCCCCCC=C. The zero-order valence-electron chi connectivity index (χ0n) is 27.7. The second-order valence-corrected chi connectivity index (χ2v) is 12.4. The van der Waals surface area contributed by atoms with Crippen LogP contribution in [0.25, 0.3) is 0 Å². The van der Waals surface area contributed by atoms with Gasteiger partial charge >= 0.3 is 17.9 Å². The van der Waals surface area contributed by atoms with Crippen molar-refractivity contribution in [3.8, 4) is 0 Å². The maximum Gasteiger partial charge on any atom is 0.365 e. The van der Waals surface area contributed by atoms with Crippen LogP contribution in [0.2, 0.25) is 0 Å². The van der Waals surface area contributed by atoms with Gasteiger partial charge in [-0.25, -0.2) is 19.4 Å². The fraction of sp³-hybridized carbons (Fsp3) is 0.711. The van der Waals surface area contributed by atoms with Crippen LogP contribution in [0.5, 0.6) is 0 Å². The molecule has 1 aliphatic carbocycles. The van der Waals surface area contributed by atoms with Crippen LogP contribution in [0.3, 0.4) is 0 Å². The number of hydrogen-bond acceptors (Lipinski definition) is 6. The molecule has 1 rings (SSSR count). The summed E-state index contributed by atoms with van der Waals surface area (Å²) in [6.45, 7) is 11.3. The van der Waals surface area contributed by atoms with Crippen LogP contribution < -0.4 is 0 Å². The molecule has 0 saturated carbocycles. The molecule has 250 valence electrons. The predicted octanol–water partition coefficient (Wildman–Crippen LogP) is 10.8. The summed E-state index contributed by atoms with van der Waals surface area (Å²) in [5.41, 5.74) is -1.09. The van der Waals surface area contributed by atoms with E-state index in [1.54, 1.807) is 0 Å². The largest absolute Gasteiger partial charge is 0.461 e. The zero-order chi connectivity index (χ0) is 32.1. The van der Waals surface area contributed by atoms with E-state index in [1.165, 1.54) is 0 Å². The lowest BCUT2D eigenvalue weighted by molar-refractivity contribution is -0.271. The van der Waals surface area contributed by atoms with Crippen molar-refractivity contribution in [2.75, 3.05) is 0 Å². The molecule has 0 aliphatic heterocycles. The van der Waals surface area contributed by atoms with Crippen LogP contribution in [0.1, 0.15) is 161 Å². The maximum absolute atomic E-state index is 13.9. The van der Waals surface area contributed by atoms with Gasteiger partial charge in [0.15, 0.2) is 0 Å². The summed E-state index contributed by atoms with van der Waals surface area (Å²) in [5, 5.41) is 0. The number of hydrogen-bond donors (Lipinski definition) is 0. The van der Waals surface area contributed by atoms with E-state index in [4.69, 9.17) is 14.5 Å². The van der Waals surface area contributed by atoms with Crippen molar-refractivity contribution < 1.29 is 28.9 Å². The Morgan fingerprint density at radius 1 is 0.636 bits per heavy atom. The Kier molecular flexibility index (Phi) is 23.9. The van der Waals surface area contributed by atoms with E-state index in [-0.39, 0.29) is 12.4 Å². The van der Waals surface area contributed by atoms with Crippen LogP contribution >= 0.6 is 0 Å². The van der Waals surface area contributed by atoms with E-state index in [1.807, 2.05) is 24.3 Å². The molecule has 0 spiro atoms. The standard InChI is InChI=1S/C38H62O6/c1-4-7-10-13-16-20-25-30-35(39)42-34-29-24-19-18-23-28-33-38(34,32-27-22-15-12-9-6-3)37(41)44-43-36(40)31-26-21-17-14-11-8-5-2/h4-6,23,28,34H,1-3,7-22,24-27,29-33H2/b28-23-. The first-order valence-electron chi connectivity index (χ1n) is 17.6. The highest BCUT2D eigenvalue weighted by atomic mass is 17.2. The molecule has 0 aromatic carbocycles. The third-order valence-corrected chi connectivity index (χ3v) is 8.60. The van der Waals surface area contributed by atoms with Crippen LogP contribution in [-0.4, -0.2) is 24.0 Å². The summed E-state index contributed by atoms with van der Waals surface area (Å²) >= 11 is 0. The molecule has 0 amide bonds. The quantitative estimate of drug-likeness (QED) is 0.0335. The highest BCUT2D eigenvalue weighted by Crippen LogP contribution is 2.41. The normalized spacial score (nSPS) is 19.0. The molecule has 0 aromatic heterocycles. The molecule has 44 heavy (non-hydrogen) atoms. The van der Waals surface area contributed by atoms with Gasteiger partial charge in [-0.05, 0) is 89.9 Å². The summed E-state index contributed by atoms with van der Waals surface area (Å²) in [5.74, 6) is -1.41. The number of esters is 1. The van der Waals surface area contributed by atoms with Gasteiger partial charge in [-0.2, -0.15) is 0 Å². The first-order chi connectivity index (χ1) is 21.5. The summed E-state index contributed by atoms with van der Waals surface area (Å²) in [7, 11) is 0. The van der Waals surface area contributed by atoms with Crippen molar-refractivity contribution >= 4 is 17.9 Å². The number of rotatable bonds is 25. The van der Waals surface area contributed by atoms with Gasteiger partial charge in [-0.3, -0.25) is 4.79 Å². The Morgan fingerprint density at radius 2 is 1.16 bits per heavy atom. The minimum atomic E-state index is -1.09. The Hall–Kier alpha value is -2.63. The van der Waals surface area contributed by atoms with Crippen LogP contribution in [0.4, 0.5) is 0 Å². The van der Waals surface area contributed by atoms with Gasteiger partial charge in [0, 0.05) is 6.42 Å². The first kappa shape index (κ1) is 39.4. The van der Waals surface area contributed by atoms with Gasteiger partial charge in [0.2, 0.25) is 0 Å². The summed E-state index contributed by atoms with van der Waals surface area (Å²) in [6, 6.07) is 0. The summed E-state index contributed by atoms with van der Waals surface area (Å²) in [4.78, 5) is 49.8. The topological polar surface area (TPSA) is 78.9 Å². The van der Waals surface area contributed by atoms with E-state index in [0.717, 1.165) is 122 Å². The molecule has 0 bridgehead atoms. The minimum Gasteiger partial charge on any atom is -0.461 e. The van der Waals surface area contributed by atoms with Crippen molar-refractivity contribution in [1.82, 2.24) is 0 Å². The number of unbranched alkanes of at least 4 members (excludes halogenated alkanes) is 14. The fourth-order valence-corrected chi connectivity index (χ4v) is 5.85. The summed E-state index contributed by atoms with van der Waals surface area (Å²) < 4.78 is 6.14. The lowest BCUT2D eigenvalue weighted by Crippen LogP contribution is -2.46. The van der Waals surface area contributed by atoms with Crippen LogP contribution in [0, 0.1) is 5.41 Å². The molecule has 6 nitrogen and oxygen atoms in total. The van der Waals surface area contributed by atoms with Gasteiger partial charge in [-0.1, -0.05) is 88.2 Å². The average Bonchev–Trinajstić information content (AvgIpc) is 3.11. The molecule has 0 aromatic rings. The van der Waals surface area contributed by atoms with Gasteiger partial charge in [0.25, 0.3) is 0 Å². The number of carbonyl (C=O) groups excluding carboxylic acids is 3. The van der Waals surface area contributed by atoms with Gasteiger partial charge in [-0.15, -0.1) is 19.7 Å². The molecule has 0 N–H and O–H groups in total. The molecule has 1 aliphatic rings. The maximum atomic E-state index is 13.9. The van der Waals surface area contributed by atoms with E-state index in [0.29, 0.717) is 32.1 Å². The Labute approximate surface area is 268 Å². The monoisotopic (exact) mass is 614 g/mol. The predicted molar refractivity (Wildman–Crippen MR) is 180 cm³/mol. The third kappa shape index (κ3) is 18.2. The third-order valence-electron chi connectivity index (χ3n) is 8.60. The second kappa shape index (κ2) is 26.7. The molecule has 2 atom stereocenters. The van der Waals surface area contributed by atoms with Crippen LogP contribution in [-0.2, 0) is 28.9 Å². The van der Waals surface area contributed by atoms with Gasteiger partial charge < -0.3 is 4.74 Å². The van der Waals surface area contributed by atoms with Crippen molar-refractivity contribution in [1.29, 1.82) is 0 Å². The minimum absolute atomic E-state index is 0.205. The lowest BCUT2D eigenvalue weighted by Gasteiger charge is -2.36. The molecular formula is C38H62O6. The number of allylic oxidation sites excluding steroid dienone is 5. The van der Waals surface area contributed by atoms with Gasteiger partial charge in [0.1, 0.15) is 11.5 Å². The molecule has 0 radical (unpaired) electrons. The van der Waals surface area contributed by atoms with Gasteiger partial charge in [0.05, 0.1) is 6.42 Å². The van der Waals surface area contributed by atoms with Crippen molar-refractivity contribution in [3.63, 3.8) is 0 Å². The smallest absolute Gasteiger partial charge is 0.365 e. The van der Waals surface area contributed by atoms with E-state index in [2.05, 4.69) is 25.8 Å². The molecule has 0 fully saturated rings. The Balaban J connectivity index is 2.89. The number of carbonyl (C=O) groups is 3. The number of ether oxygens (including phenoxy) is 1. The van der Waals surface area contributed by atoms with Crippen molar-refractivity contribution in [2.45, 2.75) is 167 Å². The van der Waals surface area contributed by atoms with E-state index in [9.17, 15) is 14.4 Å². The highest BCUT2D eigenvalue weighted by Gasteiger charge is 2.49. The Morgan fingerprint density at radius 3 is 1.75 bits per heavy atom.